The Kier molecular flexibility index (Phi) is 5.50. The summed E-state index contributed by atoms with van der Waals surface area (Å²) in [5.74, 6) is 0.836. The van der Waals surface area contributed by atoms with E-state index in [-0.39, 0.29) is 13.1 Å². The Morgan fingerprint density at radius 1 is 1.29 bits per heavy atom. The highest BCUT2D eigenvalue weighted by atomic mass is 15.1. The Morgan fingerprint density at radius 3 is 2.47 bits per heavy atom. The predicted octanol–water partition coefficient (Wildman–Crippen LogP) is 1.36. The topological polar surface area (TPSA) is 75.7 Å². The fraction of sp³-hybridized carbons (Fsp3) is 0.417. The Hall–Kier alpha value is -2.11. The molecule has 0 saturated carbocycles. The zero-order valence-corrected chi connectivity index (χ0v) is 9.85. The Bertz CT molecular complexity index is 396. The molecule has 0 aliphatic heterocycles. The van der Waals surface area contributed by atoms with Gasteiger partial charge in [0, 0.05) is 19.3 Å². The third-order valence-corrected chi connectivity index (χ3v) is 2.18. The van der Waals surface area contributed by atoms with Crippen LogP contribution in [0.15, 0.2) is 18.3 Å². The van der Waals surface area contributed by atoms with Crippen LogP contribution in [0.3, 0.4) is 0 Å². The second kappa shape index (κ2) is 7.21. The van der Waals surface area contributed by atoms with Crippen molar-refractivity contribution in [3.05, 3.63) is 23.9 Å². The number of nitriles is 2. The fourth-order valence-corrected chi connectivity index (χ4v) is 1.43. The third kappa shape index (κ3) is 4.50. The summed E-state index contributed by atoms with van der Waals surface area (Å²) >= 11 is 0. The summed E-state index contributed by atoms with van der Waals surface area (Å²) in [5.41, 5.74) is 0.997. The van der Waals surface area contributed by atoms with Gasteiger partial charge in [-0.05, 0) is 18.6 Å². The van der Waals surface area contributed by atoms with Gasteiger partial charge in [0.1, 0.15) is 5.82 Å². The molecule has 5 nitrogen and oxygen atoms in total. The molecule has 0 aliphatic rings. The van der Waals surface area contributed by atoms with Crippen LogP contribution in [0.4, 0.5) is 5.82 Å². The Labute approximate surface area is 101 Å². The molecule has 5 heteroatoms. The van der Waals surface area contributed by atoms with Gasteiger partial charge in [-0.3, -0.25) is 4.90 Å². The van der Waals surface area contributed by atoms with Gasteiger partial charge < -0.3 is 5.32 Å². The number of anilines is 1. The van der Waals surface area contributed by atoms with Crippen molar-refractivity contribution in [2.24, 2.45) is 0 Å². The van der Waals surface area contributed by atoms with Crippen molar-refractivity contribution in [2.75, 3.05) is 25.0 Å². The minimum Gasteiger partial charge on any atom is -0.370 e. The molecule has 0 unspecified atom stereocenters. The third-order valence-electron chi connectivity index (χ3n) is 2.18. The molecule has 17 heavy (non-hydrogen) atoms. The molecular weight excluding hydrogens is 214 g/mol. The first-order chi connectivity index (χ1) is 8.30. The van der Waals surface area contributed by atoms with E-state index in [0.29, 0.717) is 6.54 Å². The molecule has 0 aliphatic carbocycles. The summed E-state index contributed by atoms with van der Waals surface area (Å²) in [6.07, 6.45) is 1.76. The number of hydrogen-bond donors (Lipinski definition) is 1. The lowest BCUT2D eigenvalue weighted by Crippen LogP contribution is -2.23. The van der Waals surface area contributed by atoms with Crippen molar-refractivity contribution in [1.29, 1.82) is 10.5 Å². The van der Waals surface area contributed by atoms with Crippen LogP contribution in [0.2, 0.25) is 0 Å². The molecule has 0 radical (unpaired) electrons. The smallest absolute Gasteiger partial charge is 0.125 e. The number of nitrogens with zero attached hydrogens (tertiary/aromatic N) is 4. The van der Waals surface area contributed by atoms with Crippen molar-refractivity contribution in [1.82, 2.24) is 9.88 Å². The van der Waals surface area contributed by atoms with Crippen molar-refractivity contribution in [2.45, 2.75) is 13.5 Å². The van der Waals surface area contributed by atoms with Gasteiger partial charge in [-0.1, -0.05) is 6.07 Å². The van der Waals surface area contributed by atoms with Crippen LogP contribution in [0.25, 0.3) is 0 Å². The normalized spacial score (nSPS) is 9.65. The molecule has 1 rings (SSSR count). The van der Waals surface area contributed by atoms with Gasteiger partial charge in [0.25, 0.3) is 0 Å². The lowest BCUT2D eigenvalue weighted by Gasteiger charge is -2.14. The fourth-order valence-electron chi connectivity index (χ4n) is 1.43. The van der Waals surface area contributed by atoms with Crippen LogP contribution < -0.4 is 5.32 Å². The number of hydrogen-bond acceptors (Lipinski definition) is 5. The molecule has 0 aromatic carbocycles. The van der Waals surface area contributed by atoms with Gasteiger partial charge >= 0.3 is 0 Å². The average Bonchev–Trinajstić information content (AvgIpc) is 2.33. The minimum atomic E-state index is 0.253. The lowest BCUT2D eigenvalue weighted by atomic mass is 10.2. The summed E-state index contributed by atoms with van der Waals surface area (Å²) in [6.45, 7) is 3.92. The maximum atomic E-state index is 8.63. The van der Waals surface area contributed by atoms with Crippen molar-refractivity contribution < 1.29 is 0 Å². The maximum Gasteiger partial charge on any atom is 0.125 e. The maximum absolute atomic E-state index is 8.63. The SMILES string of the molecule is CCNc1ccc(CN(CC#N)CC#N)cn1. The van der Waals surface area contributed by atoms with Gasteiger partial charge in [-0.2, -0.15) is 10.5 Å². The monoisotopic (exact) mass is 229 g/mol. The van der Waals surface area contributed by atoms with Crippen LogP contribution in [-0.4, -0.2) is 29.5 Å². The van der Waals surface area contributed by atoms with Crippen molar-refractivity contribution in [3.8, 4) is 12.1 Å². The summed E-state index contributed by atoms with van der Waals surface area (Å²) < 4.78 is 0. The quantitative estimate of drug-likeness (QED) is 0.745. The zero-order chi connectivity index (χ0) is 12.5. The molecule has 0 fully saturated rings. The molecule has 1 N–H and O–H groups in total. The molecule has 0 bridgehead atoms. The first-order valence-electron chi connectivity index (χ1n) is 5.45. The van der Waals surface area contributed by atoms with Crippen LogP contribution in [0.1, 0.15) is 12.5 Å². The molecule has 0 spiro atoms. The summed E-state index contributed by atoms with van der Waals surface area (Å²) in [5, 5.41) is 20.4. The van der Waals surface area contributed by atoms with E-state index in [0.717, 1.165) is 17.9 Å². The van der Waals surface area contributed by atoms with E-state index in [1.54, 1.807) is 11.1 Å². The molecular formula is C12H15N5. The van der Waals surface area contributed by atoms with Gasteiger partial charge in [-0.15, -0.1) is 0 Å². The minimum absolute atomic E-state index is 0.253. The lowest BCUT2D eigenvalue weighted by molar-refractivity contribution is 0.334. The highest BCUT2D eigenvalue weighted by molar-refractivity contribution is 5.35. The molecule has 88 valence electrons. The average molecular weight is 229 g/mol. The molecule has 0 atom stereocenters. The van der Waals surface area contributed by atoms with Crippen LogP contribution in [0, 0.1) is 22.7 Å². The summed E-state index contributed by atoms with van der Waals surface area (Å²) in [6, 6.07) is 7.94. The van der Waals surface area contributed by atoms with Crippen molar-refractivity contribution >= 4 is 5.82 Å². The van der Waals surface area contributed by atoms with E-state index in [1.165, 1.54) is 0 Å². The van der Waals surface area contributed by atoms with E-state index in [9.17, 15) is 0 Å². The Balaban J connectivity index is 2.61. The second-order valence-electron chi connectivity index (χ2n) is 3.54. The van der Waals surface area contributed by atoms with Crippen LogP contribution in [-0.2, 0) is 6.54 Å². The van der Waals surface area contributed by atoms with Crippen molar-refractivity contribution in [3.63, 3.8) is 0 Å². The van der Waals surface area contributed by atoms with E-state index in [1.807, 2.05) is 31.2 Å². The largest absolute Gasteiger partial charge is 0.370 e. The summed E-state index contributed by atoms with van der Waals surface area (Å²) in [4.78, 5) is 6.01. The number of nitrogens with one attached hydrogen (secondary N) is 1. The van der Waals surface area contributed by atoms with E-state index in [4.69, 9.17) is 10.5 Å². The van der Waals surface area contributed by atoms with Gasteiger partial charge in [0.05, 0.1) is 25.2 Å². The van der Waals surface area contributed by atoms with E-state index in [2.05, 4.69) is 10.3 Å². The van der Waals surface area contributed by atoms with Crippen LogP contribution in [0.5, 0.6) is 0 Å². The zero-order valence-electron chi connectivity index (χ0n) is 9.85. The highest BCUT2D eigenvalue weighted by Gasteiger charge is 2.05. The number of pyridine rings is 1. The second-order valence-corrected chi connectivity index (χ2v) is 3.54. The molecule has 0 saturated heterocycles. The molecule has 1 heterocycles. The standard InChI is InChI=1S/C12H15N5/c1-2-15-12-4-3-11(9-16-12)10-17(7-5-13)8-6-14/h3-4,9H,2,7-8,10H2,1H3,(H,15,16). The van der Waals surface area contributed by atoms with Crippen LogP contribution >= 0.6 is 0 Å². The van der Waals surface area contributed by atoms with E-state index < -0.39 is 0 Å². The molecule has 0 amide bonds. The van der Waals surface area contributed by atoms with Gasteiger partial charge in [-0.25, -0.2) is 4.98 Å². The first kappa shape index (κ1) is 13.0. The first-order valence-corrected chi connectivity index (χ1v) is 5.45. The predicted molar refractivity (Wildman–Crippen MR) is 64.9 cm³/mol. The van der Waals surface area contributed by atoms with Gasteiger partial charge in [0.2, 0.25) is 0 Å². The number of aromatic nitrogens is 1. The van der Waals surface area contributed by atoms with E-state index >= 15 is 0 Å². The molecule has 1 aromatic rings. The molecule has 1 aromatic heterocycles. The highest BCUT2D eigenvalue weighted by Crippen LogP contribution is 2.07. The Morgan fingerprint density at radius 2 is 2.00 bits per heavy atom. The summed E-state index contributed by atoms with van der Waals surface area (Å²) in [7, 11) is 0. The van der Waals surface area contributed by atoms with Gasteiger partial charge in [0.15, 0.2) is 0 Å². The number of rotatable bonds is 6.